The molecule has 1 aliphatic heterocycles. The van der Waals surface area contributed by atoms with E-state index in [0.717, 1.165) is 31.3 Å². The first-order chi connectivity index (χ1) is 6.24. The molecule has 2 nitrogen and oxygen atoms in total. The Kier molecular flexibility index (Phi) is 2.68. The van der Waals surface area contributed by atoms with E-state index in [1.165, 1.54) is 25.8 Å². The Morgan fingerprint density at radius 1 is 1.46 bits per heavy atom. The molecule has 2 rings (SSSR count). The summed E-state index contributed by atoms with van der Waals surface area (Å²) in [6, 6.07) is 0. The van der Waals surface area contributed by atoms with Crippen LogP contribution in [0.4, 0.5) is 0 Å². The molecular formula is C11H19NO. The second kappa shape index (κ2) is 3.79. The number of Topliss-reactive ketones (excluding diaryl/α,β-unsaturated/α-hetero) is 1. The zero-order valence-corrected chi connectivity index (χ0v) is 8.46. The van der Waals surface area contributed by atoms with Gasteiger partial charge in [-0.05, 0) is 24.7 Å². The van der Waals surface area contributed by atoms with Crippen LogP contribution in [-0.4, -0.2) is 30.3 Å². The van der Waals surface area contributed by atoms with Crippen molar-refractivity contribution in [3.63, 3.8) is 0 Å². The van der Waals surface area contributed by atoms with Crippen LogP contribution in [0.1, 0.15) is 32.6 Å². The van der Waals surface area contributed by atoms with Crippen LogP contribution < -0.4 is 0 Å². The summed E-state index contributed by atoms with van der Waals surface area (Å²) in [5, 5.41) is 0. The van der Waals surface area contributed by atoms with Crippen molar-refractivity contribution in [2.45, 2.75) is 32.6 Å². The summed E-state index contributed by atoms with van der Waals surface area (Å²) >= 11 is 0. The lowest BCUT2D eigenvalue weighted by Crippen LogP contribution is -2.26. The Morgan fingerprint density at radius 2 is 2.31 bits per heavy atom. The molecule has 0 aromatic carbocycles. The molecule has 2 unspecified atom stereocenters. The molecule has 1 saturated heterocycles. The maximum Gasteiger partial charge on any atom is 0.148 e. The topological polar surface area (TPSA) is 20.3 Å². The molecule has 1 heterocycles. The predicted molar refractivity (Wildman–Crippen MR) is 52.6 cm³/mol. The van der Waals surface area contributed by atoms with E-state index in [-0.39, 0.29) is 0 Å². The maximum atomic E-state index is 11.0. The monoisotopic (exact) mass is 181 g/mol. The molecule has 2 heteroatoms. The second-order valence-electron chi connectivity index (χ2n) is 4.81. The zero-order valence-electron chi connectivity index (χ0n) is 8.46. The Hall–Kier alpha value is -0.370. The molecule has 74 valence electrons. The molecule has 0 amide bonds. The first-order valence-electron chi connectivity index (χ1n) is 5.48. The minimum atomic E-state index is 0.436. The third kappa shape index (κ3) is 2.31. The SMILES string of the molecule is CC1CCC(CN2CCC(=O)C2)C1. The lowest BCUT2D eigenvalue weighted by atomic mass is 10.1. The molecule has 0 N–H and O–H groups in total. The van der Waals surface area contributed by atoms with E-state index in [4.69, 9.17) is 0 Å². The van der Waals surface area contributed by atoms with Gasteiger partial charge in [0.15, 0.2) is 0 Å². The van der Waals surface area contributed by atoms with Gasteiger partial charge in [-0.25, -0.2) is 0 Å². The predicted octanol–water partition coefficient (Wildman–Crippen LogP) is 1.70. The van der Waals surface area contributed by atoms with Gasteiger partial charge in [0.05, 0.1) is 6.54 Å². The van der Waals surface area contributed by atoms with E-state index in [1.807, 2.05) is 0 Å². The first-order valence-corrected chi connectivity index (χ1v) is 5.48. The van der Waals surface area contributed by atoms with E-state index < -0.39 is 0 Å². The normalized spacial score (nSPS) is 35.9. The molecule has 0 aromatic heterocycles. The van der Waals surface area contributed by atoms with E-state index in [9.17, 15) is 4.79 Å². The summed E-state index contributed by atoms with van der Waals surface area (Å²) < 4.78 is 0. The smallest absolute Gasteiger partial charge is 0.148 e. The summed E-state index contributed by atoms with van der Waals surface area (Å²) in [6.45, 7) is 5.26. The van der Waals surface area contributed by atoms with E-state index in [2.05, 4.69) is 11.8 Å². The molecule has 1 aliphatic carbocycles. The molecule has 0 spiro atoms. The van der Waals surface area contributed by atoms with Crippen molar-refractivity contribution in [2.75, 3.05) is 19.6 Å². The standard InChI is InChI=1S/C11H19NO/c1-9-2-3-10(6-9)7-12-5-4-11(13)8-12/h9-10H,2-8H2,1H3. The molecule has 0 radical (unpaired) electrons. The number of carbonyl (C=O) groups excluding carboxylic acids is 1. The summed E-state index contributed by atoms with van der Waals surface area (Å²) in [4.78, 5) is 13.4. The summed E-state index contributed by atoms with van der Waals surface area (Å²) in [5.74, 6) is 2.23. The maximum absolute atomic E-state index is 11.0. The molecule has 1 saturated carbocycles. The third-order valence-corrected chi connectivity index (χ3v) is 3.43. The fourth-order valence-corrected chi connectivity index (χ4v) is 2.70. The van der Waals surface area contributed by atoms with Gasteiger partial charge in [-0.15, -0.1) is 0 Å². The molecule has 0 aromatic rings. The second-order valence-corrected chi connectivity index (χ2v) is 4.81. The summed E-state index contributed by atoms with van der Waals surface area (Å²) in [6.07, 6.45) is 4.95. The van der Waals surface area contributed by atoms with Gasteiger partial charge in [0.1, 0.15) is 5.78 Å². The number of likely N-dealkylation sites (tertiary alicyclic amines) is 1. The van der Waals surface area contributed by atoms with Gasteiger partial charge < -0.3 is 0 Å². The van der Waals surface area contributed by atoms with Crippen molar-refractivity contribution >= 4 is 5.78 Å². The van der Waals surface area contributed by atoms with Crippen LogP contribution in [0.3, 0.4) is 0 Å². The third-order valence-electron chi connectivity index (χ3n) is 3.43. The van der Waals surface area contributed by atoms with Gasteiger partial charge in [0.2, 0.25) is 0 Å². The van der Waals surface area contributed by atoms with E-state index in [0.29, 0.717) is 5.78 Å². The molecule has 2 fully saturated rings. The lowest BCUT2D eigenvalue weighted by molar-refractivity contribution is -0.116. The first kappa shape index (κ1) is 9.20. The van der Waals surface area contributed by atoms with Crippen molar-refractivity contribution in [1.29, 1.82) is 0 Å². The number of ketones is 1. The summed E-state index contributed by atoms with van der Waals surface area (Å²) in [5.41, 5.74) is 0. The Bertz CT molecular complexity index is 202. The Morgan fingerprint density at radius 3 is 2.85 bits per heavy atom. The van der Waals surface area contributed by atoms with Crippen molar-refractivity contribution in [2.24, 2.45) is 11.8 Å². The number of nitrogens with zero attached hydrogens (tertiary/aromatic N) is 1. The van der Waals surface area contributed by atoms with Crippen LogP contribution in [0.5, 0.6) is 0 Å². The van der Waals surface area contributed by atoms with Gasteiger partial charge in [-0.1, -0.05) is 13.3 Å². The Labute approximate surface area is 80.3 Å². The number of carbonyl (C=O) groups is 1. The van der Waals surface area contributed by atoms with Gasteiger partial charge >= 0.3 is 0 Å². The molecule has 13 heavy (non-hydrogen) atoms. The van der Waals surface area contributed by atoms with Crippen LogP contribution in [-0.2, 0) is 4.79 Å². The molecular weight excluding hydrogens is 162 g/mol. The highest BCUT2D eigenvalue weighted by atomic mass is 16.1. The number of hydrogen-bond acceptors (Lipinski definition) is 2. The highest BCUT2D eigenvalue weighted by molar-refractivity contribution is 5.82. The highest BCUT2D eigenvalue weighted by Gasteiger charge is 2.26. The van der Waals surface area contributed by atoms with Crippen LogP contribution in [0, 0.1) is 11.8 Å². The molecule has 2 atom stereocenters. The van der Waals surface area contributed by atoms with E-state index in [1.54, 1.807) is 0 Å². The largest absolute Gasteiger partial charge is 0.298 e. The quantitative estimate of drug-likeness (QED) is 0.646. The minimum Gasteiger partial charge on any atom is -0.298 e. The van der Waals surface area contributed by atoms with Crippen LogP contribution in [0.15, 0.2) is 0 Å². The highest BCUT2D eigenvalue weighted by Crippen LogP contribution is 2.31. The van der Waals surface area contributed by atoms with Crippen LogP contribution in [0.25, 0.3) is 0 Å². The van der Waals surface area contributed by atoms with Gasteiger partial charge in [-0.2, -0.15) is 0 Å². The minimum absolute atomic E-state index is 0.436. The van der Waals surface area contributed by atoms with Crippen molar-refractivity contribution in [3.05, 3.63) is 0 Å². The summed E-state index contributed by atoms with van der Waals surface area (Å²) in [7, 11) is 0. The average Bonchev–Trinajstić information content (AvgIpc) is 2.62. The molecule has 0 bridgehead atoms. The lowest BCUT2D eigenvalue weighted by Gasteiger charge is -2.18. The number of rotatable bonds is 2. The average molecular weight is 181 g/mol. The van der Waals surface area contributed by atoms with Gasteiger partial charge in [-0.3, -0.25) is 9.69 Å². The Balaban J connectivity index is 1.75. The number of hydrogen-bond donors (Lipinski definition) is 0. The molecule has 2 aliphatic rings. The fraction of sp³-hybridized carbons (Fsp3) is 0.909. The van der Waals surface area contributed by atoms with Gasteiger partial charge in [0, 0.05) is 19.5 Å². The van der Waals surface area contributed by atoms with Crippen LogP contribution >= 0.6 is 0 Å². The van der Waals surface area contributed by atoms with Crippen molar-refractivity contribution < 1.29 is 4.79 Å². The van der Waals surface area contributed by atoms with E-state index >= 15 is 0 Å². The van der Waals surface area contributed by atoms with Crippen LogP contribution in [0.2, 0.25) is 0 Å². The zero-order chi connectivity index (χ0) is 9.26. The van der Waals surface area contributed by atoms with Crippen molar-refractivity contribution in [1.82, 2.24) is 4.90 Å². The fourth-order valence-electron chi connectivity index (χ4n) is 2.70. The van der Waals surface area contributed by atoms with Crippen molar-refractivity contribution in [3.8, 4) is 0 Å². The van der Waals surface area contributed by atoms with Gasteiger partial charge in [0.25, 0.3) is 0 Å².